The molecule has 116 valence electrons. The van der Waals surface area contributed by atoms with Gasteiger partial charge >= 0.3 is 5.97 Å². The zero-order valence-electron chi connectivity index (χ0n) is 12.1. The number of hydrogen-bond acceptors (Lipinski definition) is 5. The highest BCUT2D eigenvalue weighted by Crippen LogP contribution is 2.22. The fourth-order valence-corrected chi connectivity index (χ4v) is 2.00. The molecule has 2 N–H and O–H groups in total. The Balaban J connectivity index is 2.20. The van der Waals surface area contributed by atoms with Crippen LogP contribution < -0.4 is 10.5 Å². The number of halogens is 1. The lowest BCUT2D eigenvalue weighted by molar-refractivity contribution is 0.0501. The molecule has 0 unspecified atom stereocenters. The molecule has 0 fully saturated rings. The van der Waals surface area contributed by atoms with Gasteiger partial charge in [0.25, 0.3) is 0 Å². The number of hydrogen-bond donors (Lipinski definition) is 1. The third-order valence-electron chi connectivity index (χ3n) is 2.89. The Morgan fingerprint density at radius 2 is 2.23 bits per heavy atom. The van der Waals surface area contributed by atoms with Gasteiger partial charge in [-0.3, -0.25) is 4.68 Å². The highest BCUT2D eigenvalue weighted by atomic mass is 35.5. The van der Waals surface area contributed by atoms with Crippen molar-refractivity contribution in [1.82, 2.24) is 9.78 Å². The monoisotopic (exact) mass is 322 g/mol. The van der Waals surface area contributed by atoms with Crippen LogP contribution in [0.5, 0.6) is 5.75 Å². The van der Waals surface area contributed by atoms with Crippen molar-refractivity contribution in [1.29, 1.82) is 0 Å². The van der Waals surface area contributed by atoms with Crippen LogP contribution in [0.1, 0.15) is 23.0 Å². The lowest BCUT2D eigenvalue weighted by atomic mass is 10.2. The van der Waals surface area contributed by atoms with Gasteiger partial charge in [0.2, 0.25) is 0 Å². The molecule has 8 heteroatoms. The van der Waals surface area contributed by atoms with Gasteiger partial charge in [-0.1, -0.05) is 16.8 Å². The lowest BCUT2D eigenvalue weighted by Crippen LogP contribution is -2.17. The highest BCUT2D eigenvalue weighted by molar-refractivity contribution is 6.31. The number of carbonyl (C=O) groups is 1. The number of benzene rings is 1. The van der Waals surface area contributed by atoms with Crippen LogP contribution in [0.25, 0.3) is 0 Å². The summed E-state index contributed by atoms with van der Waals surface area (Å²) < 4.78 is 6.66. The minimum Gasteiger partial charge on any atom is -0.496 e. The number of ether oxygens (including phenoxy) is 1. The Bertz CT molecular complexity index is 712. The Labute approximate surface area is 132 Å². The van der Waals surface area contributed by atoms with Gasteiger partial charge in [-0.2, -0.15) is 5.10 Å². The first-order chi connectivity index (χ1) is 10.6. The molecule has 7 nitrogen and oxygen atoms in total. The fraction of sp³-hybridized carbons (Fsp3) is 0.214. The summed E-state index contributed by atoms with van der Waals surface area (Å²) >= 11 is 5.92. The molecule has 2 rings (SSSR count). The molecule has 0 atom stereocenters. The summed E-state index contributed by atoms with van der Waals surface area (Å²) in [5.74, 6) is -0.196. The van der Waals surface area contributed by atoms with Crippen LogP contribution in [-0.4, -0.2) is 28.7 Å². The predicted molar refractivity (Wildman–Crippen MR) is 82.0 cm³/mol. The summed E-state index contributed by atoms with van der Waals surface area (Å²) in [6.07, 6.45) is 1.51. The average molecular weight is 323 g/mol. The molecule has 1 aromatic carbocycles. The number of nitrogens with zero attached hydrogens (tertiary/aromatic N) is 3. The van der Waals surface area contributed by atoms with Gasteiger partial charge in [-0.25, -0.2) is 4.79 Å². The van der Waals surface area contributed by atoms with Crippen molar-refractivity contribution < 1.29 is 14.4 Å². The van der Waals surface area contributed by atoms with E-state index < -0.39 is 5.97 Å². The van der Waals surface area contributed by atoms with Crippen molar-refractivity contribution in [2.75, 3.05) is 7.11 Å². The number of nitrogens with two attached hydrogens (primary N) is 1. The van der Waals surface area contributed by atoms with E-state index >= 15 is 0 Å². The van der Waals surface area contributed by atoms with Crippen molar-refractivity contribution in [3.05, 3.63) is 46.7 Å². The third-order valence-corrected chi connectivity index (χ3v) is 3.12. The highest BCUT2D eigenvalue weighted by Gasteiger charge is 2.14. The maximum absolute atomic E-state index is 11.9. The van der Waals surface area contributed by atoms with Crippen LogP contribution in [0.3, 0.4) is 0 Å². The summed E-state index contributed by atoms with van der Waals surface area (Å²) in [7, 11) is 1.49. The Morgan fingerprint density at radius 3 is 2.91 bits per heavy atom. The van der Waals surface area contributed by atoms with E-state index in [1.807, 2.05) is 6.92 Å². The zero-order chi connectivity index (χ0) is 16.1. The number of oxime groups is 1. The summed E-state index contributed by atoms with van der Waals surface area (Å²) in [5.41, 5.74) is 6.55. The van der Waals surface area contributed by atoms with E-state index in [0.717, 1.165) is 0 Å². The lowest BCUT2D eigenvalue weighted by Gasteiger charge is -2.08. The molecular weight excluding hydrogens is 308 g/mol. The number of rotatable bonds is 5. The van der Waals surface area contributed by atoms with Crippen molar-refractivity contribution in [3.8, 4) is 5.75 Å². The molecule has 1 heterocycles. The Hall–Kier alpha value is -2.54. The second-order valence-electron chi connectivity index (χ2n) is 4.23. The minimum absolute atomic E-state index is 0.0183. The van der Waals surface area contributed by atoms with Crippen molar-refractivity contribution in [2.45, 2.75) is 13.5 Å². The standard InChI is InChI=1S/C14H15ClN4O3/c1-3-19-11(6-7-17-19)14(20)22-18-13(16)10-8-9(15)4-5-12(10)21-2/h4-8H,3H2,1-2H3,(H2,16,18). The first kappa shape index (κ1) is 15.8. The molecule has 0 amide bonds. The van der Waals surface area contributed by atoms with Crippen molar-refractivity contribution >= 4 is 23.4 Å². The summed E-state index contributed by atoms with van der Waals surface area (Å²) in [4.78, 5) is 16.8. The largest absolute Gasteiger partial charge is 0.496 e. The Morgan fingerprint density at radius 1 is 1.45 bits per heavy atom. The van der Waals surface area contributed by atoms with Gasteiger partial charge in [0.05, 0.1) is 12.7 Å². The molecule has 22 heavy (non-hydrogen) atoms. The number of carbonyl (C=O) groups excluding carboxylic acids is 1. The molecule has 2 aromatic rings. The first-order valence-electron chi connectivity index (χ1n) is 6.47. The van der Waals surface area contributed by atoms with Gasteiger partial charge < -0.3 is 15.3 Å². The summed E-state index contributed by atoms with van der Waals surface area (Å²) in [5, 5.41) is 8.08. The molecule has 0 radical (unpaired) electrons. The molecule has 0 aliphatic rings. The molecule has 1 aromatic heterocycles. The smallest absolute Gasteiger partial charge is 0.383 e. The van der Waals surface area contributed by atoms with E-state index in [2.05, 4.69) is 10.3 Å². The van der Waals surface area contributed by atoms with E-state index in [-0.39, 0.29) is 11.5 Å². The predicted octanol–water partition coefficient (Wildman–Crippen LogP) is 2.04. The van der Waals surface area contributed by atoms with Crippen molar-refractivity contribution in [3.63, 3.8) is 0 Å². The number of methoxy groups -OCH3 is 1. The third kappa shape index (κ3) is 3.37. The second kappa shape index (κ2) is 6.95. The second-order valence-corrected chi connectivity index (χ2v) is 4.67. The maximum atomic E-state index is 11.9. The SMILES string of the molecule is CCn1nccc1C(=O)O/N=C(\N)c1cc(Cl)ccc1OC. The molecule has 0 saturated heterocycles. The van der Waals surface area contributed by atoms with Crippen LogP contribution in [0.4, 0.5) is 0 Å². The van der Waals surface area contributed by atoms with E-state index in [0.29, 0.717) is 22.9 Å². The maximum Gasteiger partial charge on any atom is 0.383 e. The number of amidine groups is 1. The molecule has 0 saturated carbocycles. The summed E-state index contributed by atoms with van der Waals surface area (Å²) in [6, 6.07) is 6.41. The molecule has 0 aliphatic carbocycles. The molecule has 0 aliphatic heterocycles. The zero-order valence-corrected chi connectivity index (χ0v) is 12.9. The normalized spacial score (nSPS) is 11.3. The van der Waals surface area contributed by atoms with E-state index in [1.54, 1.807) is 18.2 Å². The van der Waals surface area contributed by atoms with Crippen LogP contribution in [0.15, 0.2) is 35.6 Å². The van der Waals surface area contributed by atoms with Crippen LogP contribution >= 0.6 is 11.6 Å². The average Bonchev–Trinajstić information content (AvgIpc) is 3.00. The fourth-order valence-electron chi connectivity index (χ4n) is 1.82. The molecular formula is C14H15ClN4O3. The number of aryl methyl sites for hydroxylation is 1. The van der Waals surface area contributed by atoms with Crippen molar-refractivity contribution in [2.24, 2.45) is 10.9 Å². The van der Waals surface area contributed by atoms with Crippen LogP contribution in [0, 0.1) is 0 Å². The summed E-state index contributed by atoms with van der Waals surface area (Å²) in [6.45, 7) is 2.40. The quantitative estimate of drug-likeness (QED) is 0.393. The van der Waals surface area contributed by atoms with Gasteiger partial charge in [-0.05, 0) is 31.2 Å². The first-order valence-corrected chi connectivity index (χ1v) is 6.85. The Kier molecular flexibility index (Phi) is 5.00. The minimum atomic E-state index is -0.650. The van der Waals surface area contributed by atoms with Crippen LogP contribution in [0.2, 0.25) is 5.02 Å². The van der Waals surface area contributed by atoms with Gasteiger partial charge in [-0.15, -0.1) is 0 Å². The van der Waals surface area contributed by atoms with E-state index in [1.165, 1.54) is 24.1 Å². The number of aromatic nitrogens is 2. The van der Waals surface area contributed by atoms with Gasteiger partial charge in [0, 0.05) is 17.8 Å². The topological polar surface area (TPSA) is 91.7 Å². The van der Waals surface area contributed by atoms with Gasteiger partial charge in [0.15, 0.2) is 5.84 Å². The van der Waals surface area contributed by atoms with Gasteiger partial charge in [0.1, 0.15) is 11.4 Å². The molecule has 0 bridgehead atoms. The van der Waals surface area contributed by atoms with Crippen LogP contribution in [-0.2, 0) is 11.4 Å². The molecule has 0 spiro atoms. The van der Waals surface area contributed by atoms with E-state index in [4.69, 9.17) is 26.9 Å². The van der Waals surface area contributed by atoms with E-state index in [9.17, 15) is 4.79 Å².